The second-order valence-corrected chi connectivity index (χ2v) is 8.93. The molecule has 2 aliphatic rings. The molecular weight excluding hydrogens is 433 g/mol. The number of hydrogen-bond donors (Lipinski definition) is 1. The summed E-state index contributed by atoms with van der Waals surface area (Å²) in [6, 6.07) is 14.2. The Morgan fingerprint density at radius 2 is 1.62 bits per heavy atom. The van der Waals surface area contributed by atoms with Crippen LogP contribution < -0.4 is 19.9 Å². The van der Waals surface area contributed by atoms with E-state index in [9.17, 15) is 9.18 Å². The van der Waals surface area contributed by atoms with Gasteiger partial charge in [-0.05, 0) is 60.9 Å². The summed E-state index contributed by atoms with van der Waals surface area (Å²) in [6.45, 7) is 5.12. The molecule has 8 heteroatoms. The molecule has 1 unspecified atom stereocenters. The number of Topliss-reactive ketones (excluding diaryl/α,β-unsaturated/α-hetero) is 1. The molecule has 2 aromatic carbocycles. The van der Waals surface area contributed by atoms with Gasteiger partial charge in [0, 0.05) is 44.0 Å². The van der Waals surface area contributed by atoms with Gasteiger partial charge < -0.3 is 19.9 Å². The number of carbonyl (C=O) groups excluding carboxylic acids is 1. The van der Waals surface area contributed by atoms with Gasteiger partial charge in [-0.3, -0.25) is 4.79 Å². The van der Waals surface area contributed by atoms with Crippen LogP contribution in [0.2, 0.25) is 0 Å². The summed E-state index contributed by atoms with van der Waals surface area (Å²) in [5.41, 5.74) is 3.25. The van der Waals surface area contributed by atoms with E-state index in [1.807, 2.05) is 36.4 Å². The number of methoxy groups -OCH3 is 1. The highest BCUT2D eigenvalue weighted by Crippen LogP contribution is 2.32. The summed E-state index contributed by atoms with van der Waals surface area (Å²) in [4.78, 5) is 27.0. The third-order valence-corrected chi connectivity index (χ3v) is 6.43. The molecule has 0 radical (unpaired) electrons. The van der Waals surface area contributed by atoms with Gasteiger partial charge in [0.15, 0.2) is 5.78 Å². The summed E-state index contributed by atoms with van der Waals surface area (Å²) >= 11 is 0. The second-order valence-electron chi connectivity index (χ2n) is 8.93. The molecule has 3 aromatic rings. The minimum absolute atomic E-state index is 0.0810. The average molecular weight is 462 g/mol. The van der Waals surface area contributed by atoms with Gasteiger partial charge in [0.05, 0.1) is 18.4 Å². The molecular formula is C26H28FN5O2. The number of nitrogens with zero attached hydrogens (tertiary/aromatic N) is 4. The van der Waals surface area contributed by atoms with Gasteiger partial charge in [-0.2, -0.15) is 4.98 Å². The first-order chi connectivity index (χ1) is 16.5. The molecule has 1 atom stereocenters. The lowest BCUT2D eigenvalue weighted by atomic mass is 9.87. The third-order valence-electron chi connectivity index (χ3n) is 6.43. The molecule has 0 amide bonds. The number of benzene rings is 2. The van der Waals surface area contributed by atoms with Crippen molar-refractivity contribution in [2.45, 2.75) is 19.8 Å². The summed E-state index contributed by atoms with van der Waals surface area (Å²) in [5.74, 6) is 2.06. The van der Waals surface area contributed by atoms with E-state index in [4.69, 9.17) is 14.7 Å². The number of anilines is 4. The largest absolute Gasteiger partial charge is 0.497 e. The van der Waals surface area contributed by atoms with Crippen molar-refractivity contribution in [3.63, 3.8) is 0 Å². The molecule has 0 spiro atoms. The minimum atomic E-state index is -0.231. The second kappa shape index (κ2) is 9.29. The van der Waals surface area contributed by atoms with Crippen molar-refractivity contribution in [2.75, 3.05) is 48.4 Å². The van der Waals surface area contributed by atoms with Gasteiger partial charge >= 0.3 is 0 Å². The van der Waals surface area contributed by atoms with Crippen molar-refractivity contribution in [2.24, 2.45) is 5.92 Å². The van der Waals surface area contributed by atoms with Crippen LogP contribution >= 0.6 is 0 Å². The highest BCUT2D eigenvalue weighted by atomic mass is 19.1. The molecule has 176 valence electrons. The number of aromatic nitrogens is 2. The zero-order chi connectivity index (χ0) is 23.7. The van der Waals surface area contributed by atoms with Crippen molar-refractivity contribution >= 4 is 28.9 Å². The van der Waals surface area contributed by atoms with Crippen LogP contribution in [0.15, 0.2) is 48.5 Å². The van der Waals surface area contributed by atoms with Crippen LogP contribution in [0.1, 0.15) is 29.4 Å². The van der Waals surface area contributed by atoms with E-state index in [0.717, 1.165) is 55.4 Å². The number of ether oxygens (including phenoxy) is 1. The number of carbonyl (C=O) groups is 1. The fourth-order valence-corrected chi connectivity index (χ4v) is 4.62. The van der Waals surface area contributed by atoms with Crippen LogP contribution in [-0.4, -0.2) is 49.0 Å². The van der Waals surface area contributed by atoms with Crippen LogP contribution in [-0.2, 0) is 6.42 Å². The summed E-state index contributed by atoms with van der Waals surface area (Å²) in [6.07, 6.45) is 1.26. The van der Waals surface area contributed by atoms with E-state index < -0.39 is 0 Å². The van der Waals surface area contributed by atoms with Crippen molar-refractivity contribution in [3.8, 4) is 5.75 Å². The highest BCUT2D eigenvalue weighted by molar-refractivity contribution is 6.03. The highest BCUT2D eigenvalue weighted by Gasteiger charge is 2.30. The molecule has 1 aromatic heterocycles. The topological polar surface area (TPSA) is 70.6 Å². The van der Waals surface area contributed by atoms with Crippen molar-refractivity contribution in [3.05, 3.63) is 65.6 Å². The summed E-state index contributed by atoms with van der Waals surface area (Å²) in [7, 11) is 1.63. The number of piperazine rings is 1. The van der Waals surface area contributed by atoms with Crippen LogP contribution in [0.4, 0.5) is 27.5 Å². The summed E-state index contributed by atoms with van der Waals surface area (Å²) in [5, 5.41) is 3.35. The molecule has 7 nitrogen and oxygen atoms in total. The molecule has 5 rings (SSSR count). The van der Waals surface area contributed by atoms with Gasteiger partial charge in [0.1, 0.15) is 17.4 Å². The number of hydrogen-bond acceptors (Lipinski definition) is 7. The normalized spacial score (nSPS) is 18.0. The van der Waals surface area contributed by atoms with E-state index >= 15 is 0 Å². The summed E-state index contributed by atoms with van der Waals surface area (Å²) < 4.78 is 18.5. The number of halogens is 1. The molecule has 1 fully saturated rings. The Morgan fingerprint density at radius 1 is 0.941 bits per heavy atom. The molecule has 1 aliphatic heterocycles. The van der Waals surface area contributed by atoms with E-state index in [0.29, 0.717) is 23.8 Å². The zero-order valence-corrected chi connectivity index (χ0v) is 19.4. The van der Waals surface area contributed by atoms with E-state index in [-0.39, 0.29) is 17.5 Å². The predicted octanol–water partition coefficient (Wildman–Crippen LogP) is 4.46. The van der Waals surface area contributed by atoms with Crippen molar-refractivity contribution in [1.82, 2.24) is 9.97 Å². The Morgan fingerprint density at radius 3 is 2.29 bits per heavy atom. The third kappa shape index (κ3) is 4.53. The van der Waals surface area contributed by atoms with Crippen molar-refractivity contribution < 1.29 is 13.9 Å². The maximum absolute atomic E-state index is 13.3. The lowest BCUT2D eigenvalue weighted by Crippen LogP contribution is -2.47. The number of rotatable bonds is 5. The Balaban J connectivity index is 1.41. The SMILES string of the molecule is COc1ccc(Nc2nc(N3CCN(c4ccc(F)cc4)CC3)nc3c2C(=O)CC(C)C3)cc1. The lowest BCUT2D eigenvalue weighted by Gasteiger charge is -2.36. The van der Waals surface area contributed by atoms with Crippen LogP contribution in [0.5, 0.6) is 5.75 Å². The molecule has 1 saturated heterocycles. The average Bonchev–Trinajstić information content (AvgIpc) is 2.84. The Bertz CT molecular complexity index is 1180. The Kier molecular flexibility index (Phi) is 6.04. The van der Waals surface area contributed by atoms with Gasteiger partial charge in [-0.15, -0.1) is 0 Å². The number of ketones is 1. The molecule has 1 N–H and O–H groups in total. The smallest absolute Gasteiger partial charge is 0.227 e. The maximum Gasteiger partial charge on any atom is 0.227 e. The standard InChI is InChI=1S/C26H28FN5O2/c1-17-15-22-24(23(33)16-17)25(28-19-5-9-21(34-2)10-6-19)30-26(29-22)32-13-11-31(12-14-32)20-7-3-18(27)4-8-20/h3-10,17H,11-16H2,1-2H3,(H,28,29,30). The lowest BCUT2D eigenvalue weighted by molar-refractivity contribution is 0.0952. The van der Waals surface area contributed by atoms with E-state index in [1.165, 1.54) is 12.1 Å². The molecule has 1 aliphatic carbocycles. The van der Waals surface area contributed by atoms with Gasteiger partial charge in [-0.1, -0.05) is 6.92 Å². The van der Waals surface area contributed by atoms with Gasteiger partial charge in [0.25, 0.3) is 0 Å². The zero-order valence-electron chi connectivity index (χ0n) is 19.4. The monoisotopic (exact) mass is 461 g/mol. The number of fused-ring (bicyclic) bond motifs is 1. The first kappa shape index (κ1) is 22.1. The Hall–Kier alpha value is -3.68. The maximum atomic E-state index is 13.3. The first-order valence-electron chi connectivity index (χ1n) is 11.6. The van der Waals surface area contributed by atoms with Crippen LogP contribution in [0.3, 0.4) is 0 Å². The molecule has 0 saturated carbocycles. The van der Waals surface area contributed by atoms with E-state index in [1.54, 1.807) is 7.11 Å². The number of nitrogens with one attached hydrogen (secondary N) is 1. The van der Waals surface area contributed by atoms with Crippen molar-refractivity contribution in [1.29, 1.82) is 0 Å². The predicted molar refractivity (Wildman–Crippen MR) is 131 cm³/mol. The molecule has 34 heavy (non-hydrogen) atoms. The molecule has 2 heterocycles. The first-order valence-corrected chi connectivity index (χ1v) is 11.6. The molecule has 0 bridgehead atoms. The fraction of sp³-hybridized carbons (Fsp3) is 0.346. The fourth-order valence-electron chi connectivity index (χ4n) is 4.62. The quantitative estimate of drug-likeness (QED) is 0.602. The Labute approximate surface area is 198 Å². The van der Waals surface area contributed by atoms with Gasteiger partial charge in [0.2, 0.25) is 5.95 Å². The van der Waals surface area contributed by atoms with Crippen LogP contribution in [0, 0.1) is 11.7 Å². The van der Waals surface area contributed by atoms with E-state index in [2.05, 4.69) is 22.0 Å². The minimum Gasteiger partial charge on any atom is -0.497 e. The van der Waals surface area contributed by atoms with Crippen LogP contribution in [0.25, 0.3) is 0 Å². The van der Waals surface area contributed by atoms with Gasteiger partial charge in [-0.25, -0.2) is 9.37 Å².